The van der Waals surface area contributed by atoms with Gasteiger partial charge in [0.1, 0.15) is 17.2 Å². The second kappa shape index (κ2) is 11.7. The van der Waals surface area contributed by atoms with Crippen molar-refractivity contribution in [2.24, 2.45) is 0 Å². The Balaban J connectivity index is 1.77. The molecule has 1 fully saturated rings. The summed E-state index contributed by atoms with van der Waals surface area (Å²) < 4.78 is 22.0. The monoisotopic (exact) mass is 470 g/mol. The number of carbonyl (C=O) groups is 2. The molecule has 0 aliphatic carbocycles. The van der Waals surface area contributed by atoms with Gasteiger partial charge in [0, 0.05) is 37.3 Å². The van der Waals surface area contributed by atoms with Gasteiger partial charge >= 0.3 is 0 Å². The minimum Gasteiger partial charge on any atom is -0.497 e. The molecule has 1 heterocycles. The molecule has 1 aliphatic heterocycles. The van der Waals surface area contributed by atoms with Crippen LogP contribution in [0.15, 0.2) is 42.5 Å². The van der Waals surface area contributed by atoms with Crippen molar-refractivity contribution in [1.29, 1.82) is 0 Å². The standard InChI is InChI=1S/C26H34N2O6/c1-6-18(2)28(26(30)23-9-7-8-10-24(23)33-5)17-22-16-27(11-12-34-22)25(29)19-13-20(31-3)15-21(14-19)32-4/h7-10,13-15,18,22H,6,11-12,16-17H2,1-5H3. The predicted molar refractivity (Wildman–Crippen MR) is 129 cm³/mol. The third-order valence-corrected chi connectivity index (χ3v) is 6.15. The molecule has 8 heteroatoms. The van der Waals surface area contributed by atoms with Crippen LogP contribution in [0.2, 0.25) is 0 Å². The van der Waals surface area contributed by atoms with Gasteiger partial charge in [0.05, 0.1) is 39.6 Å². The molecule has 2 atom stereocenters. The van der Waals surface area contributed by atoms with Crippen molar-refractivity contribution in [2.75, 3.05) is 47.6 Å². The van der Waals surface area contributed by atoms with Crippen molar-refractivity contribution < 1.29 is 28.5 Å². The second-order valence-corrected chi connectivity index (χ2v) is 8.26. The maximum atomic E-state index is 13.5. The van der Waals surface area contributed by atoms with Crippen molar-refractivity contribution in [2.45, 2.75) is 32.4 Å². The molecule has 0 spiro atoms. The topological polar surface area (TPSA) is 77.5 Å². The highest BCUT2D eigenvalue weighted by atomic mass is 16.5. The number of nitrogens with zero attached hydrogens (tertiary/aromatic N) is 2. The fourth-order valence-corrected chi connectivity index (χ4v) is 4.01. The molecule has 34 heavy (non-hydrogen) atoms. The van der Waals surface area contributed by atoms with Crippen molar-refractivity contribution in [3.05, 3.63) is 53.6 Å². The fourth-order valence-electron chi connectivity index (χ4n) is 4.01. The first-order valence-corrected chi connectivity index (χ1v) is 11.5. The van der Waals surface area contributed by atoms with Crippen LogP contribution in [0.4, 0.5) is 0 Å². The molecule has 2 aromatic rings. The lowest BCUT2D eigenvalue weighted by atomic mass is 10.1. The maximum absolute atomic E-state index is 13.5. The van der Waals surface area contributed by atoms with E-state index in [2.05, 4.69) is 0 Å². The summed E-state index contributed by atoms with van der Waals surface area (Å²) in [5.74, 6) is 1.40. The number of morpholine rings is 1. The smallest absolute Gasteiger partial charge is 0.257 e. The van der Waals surface area contributed by atoms with Gasteiger partial charge in [-0.3, -0.25) is 9.59 Å². The van der Waals surface area contributed by atoms with E-state index in [0.717, 1.165) is 6.42 Å². The number of para-hydroxylation sites is 1. The molecule has 2 unspecified atom stereocenters. The minimum atomic E-state index is -0.308. The lowest BCUT2D eigenvalue weighted by molar-refractivity contribution is -0.0368. The van der Waals surface area contributed by atoms with Gasteiger partial charge in [-0.05, 0) is 37.6 Å². The Morgan fingerprint density at radius 3 is 2.38 bits per heavy atom. The van der Waals surface area contributed by atoms with Crippen LogP contribution in [0.5, 0.6) is 17.2 Å². The highest BCUT2D eigenvalue weighted by Gasteiger charge is 2.31. The van der Waals surface area contributed by atoms with Gasteiger partial charge in [-0.15, -0.1) is 0 Å². The third kappa shape index (κ3) is 5.80. The highest BCUT2D eigenvalue weighted by Crippen LogP contribution is 2.25. The molecular formula is C26H34N2O6. The van der Waals surface area contributed by atoms with Gasteiger partial charge in [-0.2, -0.15) is 0 Å². The average molecular weight is 471 g/mol. The molecule has 2 aromatic carbocycles. The van der Waals surface area contributed by atoms with Gasteiger partial charge in [0.25, 0.3) is 11.8 Å². The van der Waals surface area contributed by atoms with Crippen LogP contribution < -0.4 is 14.2 Å². The number of carbonyl (C=O) groups excluding carboxylic acids is 2. The molecule has 3 rings (SSSR count). The maximum Gasteiger partial charge on any atom is 0.257 e. The zero-order chi connectivity index (χ0) is 24.7. The number of benzene rings is 2. The summed E-state index contributed by atoms with van der Waals surface area (Å²) in [6, 6.07) is 12.3. The van der Waals surface area contributed by atoms with E-state index in [1.54, 1.807) is 56.6 Å². The minimum absolute atomic E-state index is 0.00487. The van der Waals surface area contributed by atoms with Crippen LogP contribution in [0, 0.1) is 0 Å². The van der Waals surface area contributed by atoms with E-state index in [9.17, 15) is 9.59 Å². The molecule has 0 N–H and O–H groups in total. The van der Waals surface area contributed by atoms with Crippen LogP contribution in [0.3, 0.4) is 0 Å². The summed E-state index contributed by atoms with van der Waals surface area (Å²) in [5, 5.41) is 0. The van der Waals surface area contributed by atoms with Crippen molar-refractivity contribution in [3.8, 4) is 17.2 Å². The molecule has 0 bridgehead atoms. The number of hydrogen-bond acceptors (Lipinski definition) is 6. The summed E-state index contributed by atoms with van der Waals surface area (Å²) >= 11 is 0. The summed E-state index contributed by atoms with van der Waals surface area (Å²) in [7, 11) is 4.66. The largest absolute Gasteiger partial charge is 0.497 e. The molecular weight excluding hydrogens is 436 g/mol. The summed E-state index contributed by atoms with van der Waals surface area (Å²) in [6.45, 7) is 5.68. The van der Waals surface area contributed by atoms with Gasteiger partial charge in [0.15, 0.2) is 0 Å². The SMILES string of the molecule is CCC(C)N(CC1CN(C(=O)c2cc(OC)cc(OC)c2)CCO1)C(=O)c1ccccc1OC. The molecule has 2 amide bonds. The Morgan fingerprint density at radius 1 is 1.09 bits per heavy atom. The van der Waals surface area contributed by atoms with E-state index in [1.165, 1.54) is 0 Å². The molecule has 184 valence electrons. The van der Waals surface area contributed by atoms with Crippen LogP contribution >= 0.6 is 0 Å². The van der Waals surface area contributed by atoms with Crippen LogP contribution in [0.1, 0.15) is 41.0 Å². The normalized spacial score (nSPS) is 16.5. The fraction of sp³-hybridized carbons (Fsp3) is 0.462. The van der Waals surface area contributed by atoms with Crippen LogP contribution in [0.25, 0.3) is 0 Å². The van der Waals surface area contributed by atoms with E-state index < -0.39 is 0 Å². The van der Waals surface area contributed by atoms with Crippen LogP contribution in [-0.2, 0) is 4.74 Å². The molecule has 0 radical (unpaired) electrons. The summed E-state index contributed by atoms with van der Waals surface area (Å²) in [6.07, 6.45) is 0.484. The number of amides is 2. The van der Waals surface area contributed by atoms with Gasteiger partial charge in [-0.1, -0.05) is 19.1 Å². The van der Waals surface area contributed by atoms with Crippen molar-refractivity contribution in [3.63, 3.8) is 0 Å². The zero-order valence-corrected chi connectivity index (χ0v) is 20.6. The molecule has 0 saturated carbocycles. The van der Waals surface area contributed by atoms with Crippen LogP contribution in [-0.4, -0.2) is 81.3 Å². The lowest BCUT2D eigenvalue weighted by Crippen LogP contribution is -2.52. The number of rotatable bonds is 9. The molecule has 8 nitrogen and oxygen atoms in total. The highest BCUT2D eigenvalue weighted by molar-refractivity contribution is 5.97. The van der Waals surface area contributed by atoms with Crippen molar-refractivity contribution >= 4 is 11.8 Å². The first kappa shape index (κ1) is 25.4. The Bertz CT molecular complexity index is 973. The van der Waals surface area contributed by atoms with E-state index >= 15 is 0 Å². The second-order valence-electron chi connectivity index (χ2n) is 8.26. The van der Waals surface area contributed by atoms with Gasteiger partial charge in [-0.25, -0.2) is 0 Å². The Labute approximate surface area is 201 Å². The Hall–Kier alpha value is -3.26. The number of ether oxygens (including phenoxy) is 4. The third-order valence-electron chi connectivity index (χ3n) is 6.15. The number of methoxy groups -OCH3 is 3. The van der Waals surface area contributed by atoms with E-state index in [1.807, 2.05) is 30.9 Å². The molecule has 1 saturated heterocycles. The first-order chi connectivity index (χ1) is 16.4. The summed E-state index contributed by atoms with van der Waals surface area (Å²) in [4.78, 5) is 30.3. The van der Waals surface area contributed by atoms with Crippen molar-refractivity contribution in [1.82, 2.24) is 9.80 Å². The molecule has 0 aromatic heterocycles. The van der Waals surface area contributed by atoms with Gasteiger partial charge in [0.2, 0.25) is 0 Å². The molecule has 1 aliphatic rings. The lowest BCUT2D eigenvalue weighted by Gasteiger charge is -2.38. The van der Waals surface area contributed by atoms with E-state index in [4.69, 9.17) is 18.9 Å². The first-order valence-electron chi connectivity index (χ1n) is 11.5. The quantitative estimate of drug-likeness (QED) is 0.558. The van der Waals surface area contributed by atoms with E-state index in [-0.39, 0.29) is 24.0 Å². The zero-order valence-electron chi connectivity index (χ0n) is 20.6. The Morgan fingerprint density at radius 2 is 1.76 bits per heavy atom. The summed E-state index contributed by atoms with van der Waals surface area (Å²) in [5.41, 5.74) is 0.998. The predicted octanol–water partition coefficient (Wildman–Crippen LogP) is 3.49. The number of hydrogen-bond donors (Lipinski definition) is 0. The van der Waals surface area contributed by atoms with Gasteiger partial charge < -0.3 is 28.7 Å². The Kier molecular flexibility index (Phi) is 8.76. The average Bonchev–Trinajstić information content (AvgIpc) is 2.90. The van der Waals surface area contributed by atoms with E-state index in [0.29, 0.717) is 54.6 Å².